The number of aromatic nitrogens is 3. The van der Waals surface area contributed by atoms with Crippen molar-refractivity contribution in [3.8, 4) is 0 Å². The number of rotatable bonds is 4. The Morgan fingerprint density at radius 1 is 1.03 bits per heavy atom. The quantitative estimate of drug-likeness (QED) is 0.511. The van der Waals surface area contributed by atoms with Gasteiger partial charge in [-0.2, -0.15) is 31.4 Å². The van der Waals surface area contributed by atoms with Crippen LogP contribution >= 0.6 is 0 Å². The van der Waals surface area contributed by atoms with Crippen molar-refractivity contribution in [1.29, 1.82) is 0 Å². The van der Waals surface area contributed by atoms with Crippen molar-refractivity contribution in [2.45, 2.75) is 50.4 Å². The first-order valence-corrected chi connectivity index (χ1v) is 10.2. The summed E-state index contributed by atoms with van der Waals surface area (Å²) in [5.41, 5.74) is -3.05. The van der Waals surface area contributed by atoms with Crippen LogP contribution in [0.15, 0.2) is 47.3 Å². The van der Waals surface area contributed by atoms with Crippen LogP contribution in [0, 0.1) is 5.82 Å². The van der Waals surface area contributed by atoms with Crippen molar-refractivity contribution < 1.29 is 35.5 Å². The van der Waals surface area contributed by atoms with Gasteiger partial charge in [0.15, 0.2) is 0 Å². The lowest BCUT2D eigenvalue weighted by Gasteiger charge is -2.34. The fourth-order valence-electron chi connectivity index (χ4n) is 4.06. The second-order valence-electron chi connectivity index (χ2n) is 8.07. The molecule has 5 nitrogen and oxygen atoms in total. The van der Waals surface area contributed by atoms with Crippen LogP contribution in [0.3, 0.4) is 0 Å². The predicted molar refractivity (Wildman–Crippen MR) is 105 cm³/mol. The summed E-state index contributed by atoms with van der Waals surface area (Å²) in [6, 6.07) is 6.71. The standard InChI is InChI=1S/C22H18F7N3O2/c1-11(13-6-14(21(24,25)26)8-15(7-13)22(27,28)29)34-18-9-19-30-31-20(33)32(19)10-17(18)12-2-4-16(23)5-3-12/h2-8,11,17-18H,9-10H2,1H3,(H,31,33)/t11-,17-,18+/m1/s1. The van der Waals surface area contributed by atoms with Crippen LogP contribution in [0.1, 0.15) is 47.0 Å². The highest BCUT2D eigenvalue weighted by Crippen LogP contribution is 2.39. The zero-order valence-corrected chi connectivity index (χ0v) is 17.5. The van der Waals surface area contributed by atoms with Crippen molar-refractivity contribution in [2.24, 2.45) is 0 Å². The van der Waals surface area contributed by atoms with Gasteiger partial charge in [-0.1, -0.05) is 12.1 Å². The largest absolute Gasteiger partial charge is 0.416 e. The lowest BCUT2D eigenvalue weighted by molar-refractivity contribution is -0.143. The number of ether oxygens (including phenoxy) is 1. The molecule has 0 fully saturated rings. The molecule has 0 unspecified atom stereocenters. The zero-order valence-electron chi connectivity index (χ0n) is 17.5. The van der Waals surface area contributed by atoms with Gasteiger partial charge in [-0.15, -0.1) is 0 Å². The first kappa shape index (κ1) is 24.0. The molecule has 0 aliphatic carbocycles. The van der Waals surface area contributed by atoms with Crippen LogP contribution in [-0.2, 0) is 30.1 Å². The maximum Gasteiger partial charge on any atom is 0.416 e. The highest BCUT2D eigenvalue weighted by atomic mass is 19.4. The van der Waals surface area contributed by atoms with E-state index >= 15 is 0 Å². The molecule has 34 heavy (non-hydrogen) atoms. The van der Waals surface area contributed by atoms with Crippen LogP contribution in [0.25, 0.3) is 0 Å². The van der Waals surface area contributed by atoms with Crippen molar-refractivity contribution in [3.05, 3.63) is 86.8 Å². The Morgan fingerprint density at radius 2 is 1.62 bits per heavy atom. The van der Waals surface area contributed by atoms with Crippen LogP contribution < -0.4 is 5.69 Å². The average molecular weight is 489 g/mol. The summed E-state index contributed by atoms with van der Waals surface area (Å²) in [6.07, 6.45) is -11.8. The fraction of sp³-hybridized carbons (Fsp3) is 0.364. The summed E-state index contributed by atoms with van der Waals surface area (Å²) in [6.45, 7) is 1.44. The van der Waals surface area contributed by atoms with E-state index in [0.29, 0.717) is 23.5 Å². The third-order valence-electron chi connectivity index (χ3n) is 5.81. The van der Waals surface area contributed by atoms with Crippen molar-refractivity contribution in [2.75, 3.05) is 0 Å². The number of nitrogens with zero attached hydrogens (tertiary/aromatic N) is 2. The summed E-state index contributed by atoms with van der Waals surface area (Å²) in [5.74, 6) is -0.686. The Bertz CT molecular complexity index is 1200. The molecule has 3 atom stereocenters. The summed E-state index contributed by atoms with van der Waals surface area (Å²) < 4.78 is 100. The SMILES string of the molecule is C[C@@H](O[C@H]1Cc2n[nH]c(=O)n2C[C@@H]1c1ccc(F)cc1)c1cc(C(F)(F)F)cc(C(F)(F)F)c1. The first-order chi connectivity index (χ1) is 15.8. The molecule has 1 aliphatic heterocycles. The van der Waals surface area contributed by atoms with E-state index < -0.39 is 53.1 Å². The molecule has 0 amide bonds. The Morgan fingerprint density at radius 3 is 2.18 bits per heavy atom. The van der Waals surface area contributed by atoms with Crippen molar-refractivity contribution >= 4 is 0 Å². The predicted octanol–water partition coefficient (Wildman–Crippen LogP) is 5.23. The van der Waals surface area contributed by atoms with Crippen molar-refractivity contribution in [3.63, 3.8) is 0 Å². The summed E-state index contributed by atoms with van der Waals surface area (Å²) in [4.78, 5) is 12.0. The molecule has 12 heteroatoms. The van der Waals surface area contributed by atoms with Crippen LogP contribution in [0.2, 0.25) is 0 Å². The number of fused-ring (bicyclic) bond motifs is 1. The van der Waals surface area contributed by atoms with Gasteiger partial charge in [-0.3, -0.25) is 4.57 Å². The number of alkyl halides is 6. The van der Waals surface area contributed by atoms with Gasteiger partial charge < -0.3 is 4.74 Å². The Kier molecular flexibility index (Phi) is 6.05. The molecule has 0 radical (unpaired) electrons. The molecular formula is C22H18F7N3O2. The molecule has 2 aromatic carbocycles. The molecule has 0 saturated heterocycles. The molecule has 0 bridgehead atoms. The highest BCUT2D eigenvalue weighted by molar-refractivity contribution is 5.35. The number of aromatic amines is 1. The monoisotopic (exact) mass is 489 g/mol. The van der Waals surface area contributed by atoms with E-state index in [-0.39, 0.29) is 24.6 Å². The highest BCUT2D eigenvalue weighted by Gasteiger charge is 2.38. The number of nitrogens with one attached hydrogen (secondary N) is 1. The van der Waals surface area contributed by atoms with Gasteiger partial charge >= 0.3 is 18.0 Å². The third kappa shape index (κ3) is 4.86. The smallest absolute Gasteiger partial charge is 0.369 e. The fourth-order valence-corrected chi connectivity index (χ4v) is 4.06. The minimum absolute atomic E-state index is 0.0561. The minimum Gasteiger partial charge on any atom is -0.369 e. The molecule has 1 N–H and O–H groups in total. The van der Waals surface area contributed by atoms with Gasteiger partial charge in [-0.25, -0.2) is 14.3 Å². The minimum atomic E-state index is -4.98. The van der Waals surface area contributed by atoms with Crippen LogP contribution in [0.5, 0.6) is 0 Å². The first-order valence-electron chi connectivity index (χ1n) is 10.2. The van der Waals surface area contributed by atoms with E-state index in [1.807, 2.05) is 0 Å². The van der Waals surface area contributed by atoms with Gasteiger partial charge in [0, 0.05) is 18.9 Å². The molecule has 182 valence electrons. The van der Waals surface area contributed by atoms with E-state index in [9.17, 15) is 35.5 Å². The molecule has 3 aromatic rings. The lowest BCUT2D eigenvalue weighted by atomic mass is 9.88. The second-order valence-corrected chi connectivity index (χ2v) is 8.07. The normalized spacial score (nSPS) is 19.6. The van der Waals surface area contributed by atoms with Gasteiger partial charge in [0.05, 0.1) is 23.3 Å². The molecule has 2 heterocycles. The van der Waals surface area contributed by atoms with Crippen LogP contribution in [0.4, 0.5) is 30.7 Å². The van der Waals surface area contributed by atoms with E-state index in [1.54, 1.807) is 0 Å². The maximum absolute atomic E-state index is 13.4. The van der Waals surface area contributed by atoms with Gasteiger partial charge in [-0.05, 0) is 48.4 Å². The van der Waals surface area contributed by atoms with Gasteiger partial charge in [0.2, 0.25) is 0 Å². The number of hydrogen-bond donors (Lipinski definition) is 1. The molecule has 1 aromatic heterocycles. The third-order valence-corrected chi connectivity index (χ3v) is 5.81. The molecule has 0 saturated carbocycles. The lowest BCUT2D eigenvalue weighted by Crippen LogP contribution is -2.38. The van der Waals surface area contributed by atoms with E-state index in [4.69, 9.17) is 4.74 Å². The Balaban J connectivity index is 1.69. The number of hydrogen-bond acceptors (Lipinski definition) is 3. The number of halogens is 7. The molecular weight excluding hydrogens is 471 g/mol. The van der Waals surface area contributed by atoms with Crippen LogP contribution in [-0.4, -0.2) is 20.9 Å². The summed E-state index contributed by atoms with van der Waals surface area (Å²) >= 11 is 0. The average Bonchev–Trinajstić information content (AvgIpc) is 3.12. The maximum atomic E-state index is 13.4. The van der Waals surface area contributed by atoms with E-state index in [1.165, 1.54) is 35.8 Å². The Labute approximate surface area is 188 Å². The van der Waals surface area contributed by atoms with E-state index in [2.05, 4.69) is 10.2 Å². The zero-order chi connectivity index (χ0) is 24.8. The molecule has 1 aliphatic rings. The summed E-state index contributed by atoms with van der Waals surface area (Å²) in [5, 5.41) is 6.22. The number of H-pyrrole nitrogens is 1. The van der Waals surface area contributed by atoms with Gasteiger partial charge in [0.25, 0.3) is 0 Å². The van der Waals surface area contributed by atoms with E-state index in [0.717, 1.165) is 0 Å². The topological polar surface area (TPSA) is 59.9 Å². The van der Waals surface area contributed by atoms with Gasteiger partial charge in [0.1, 0.15) is 11.6 Å². The Hall–Kier alpha value is -3.15. The molecule has 0 spiro atoms. The second kappa shape index (κ2) is 8.57. The molecule has 4 rings (SSSR count). The summed E-state index contributed by atoms with van der Waals surface area (Å²) in [7, 11) is 0. The van der Waals surface area contributed by atoms with Crippen molar-refractivity contribution in [1.82, 2.24) is 14.8 Å². The number of benzene rings is 2.